The molecule has 2 saturated heterocycles. The highest BCUT2D eigenvalue weighted by Gasteiger charge is 2.33. The fraction of sp³-hybridized carbons (Fsp3) is 0.600. The first-order valence-electron chi connectivity index (χ1n) is 10.2. The van der Waals surface area contributed by atoms with Crippen molar-refractivity contribution in [3.05, 3.63) is 23.8 Å². The molecule has 0 atom stereocenters. The number of hydrogen-bond donors (Lipinski definition) is 0. The van der Waals surface area contributed by atoms with Crippen LogP contribution in [0.5, 0.6) is 0 Å². The molecular formula is C20H28N4O3S2. The molecule has 1 amide bonds. The molecule has 158 valence electrons. The van der Waals surface area contributed by atoms with Gasteiger partial charge in [-0.05, 0) is 37.0 Å². The van der Waals surface area contributed by atoms with Crippen molar-refractivity contribution < 1.29 is 13.2 Å². The van der Waals surface area contributed by atoms with Gasteiger partial charge in [-0.2, -0.15) is 0 Å². The van der Waals surface area contributed by atoms with Gasteiger partial charge in [0.15, 0.2) is 5.13 Å². The second-order valence-corrected chi connectivity index (χ2v) is 10.9. The van der Waals surface area contributed by atoms with Gasteiger partial charge in [-0.15, -0.1) is 0 Å². The average Bonchev–Trinajstić information content (AvgIpc) is 3.16. The fourth-order valence-electron chi connectivity index (χ4n) is 4.12. The average molecular weight is 437 g/mol. The van der Waals surface area contributed by atoms with Gasteiger partial charge in [-0.3, -0.25) is 4.79 Å². The van der Waals surface area contributed by atoms with Gasteiger partial charge >= 0.3 is 0 Å². The van der Waals surface area contributed by atoms with E-state index < -0.39 is 10.0 Å². The number of nitrogens with zero attached hydrogens (tertiary/aromatic N) is 4. The number of anilines is 1. The van der Waals surface area contributed by atoms with Crippen LogP contribution in [0.4, 0.5) is 5.13 Å². The molecule has 29 heavy (non-hydrogen) atoms. The first kappa shape index (κ1) is 20.6. The number of rotatable bonds is 4. The Morgan fingerprint density at radius 3 is 2.45 bits per heavy atom. The monoisotopic (exact) mass is 436 g/mol. The van der Waals surface area contributed by atoms with Gasteiger partial charge in [-0.25, -0.2) is 17.7 Å². The van der Waals surface area contributed by atoms with Crippen LogP contribution in [-0.2, 0) is 21.2 Å². The molecule has 0 N–H and O–H groups in total. The molecule has 2 aromatic rings. The molecular weight excluding hydrogens is 408 g/mol. The largest absolute Gasteiger partial charge is 0.345 e. The predicted molar refractivity (Wildman–Crippen MR) is 117 cm³/mol. The molecule has 3 heterocycles. The molecule has 2 aliphatic heterocycles. The number of sulfonamides is 1. The SMILES string of the molecule is CCc1ccc2nc(N3CCN(C(=O)C4CCN(S(C)(=O)=O)CC4)CC3)sc2c1. The van der Waals surface area contributed by atoms with Crippen molar-refractivity contribution in [3.8, 4) is 0 Å². The fourth-order valence-corrected chi connectivity index (χ4v) is 6.08. The molecule has 0 radical (unpaired) electrons. The third kappa shape index (κ3) is 4.41. The molecule has 7 nitrogen and oxygen atoms in total. The number of piperidine rings is 1. The summed E-state index contributed by atoms with van der Waals surface area (Å²) < 4.78 is 26.0. The second-order valence-electron chi connectivity index (χ2n) is 7.90. The van der Waals surface area contributed by atoms with Gasteiger partial charge in [0.1, 0.15) is 0 Å². The van der Waals surface area contributed by atoms with Gasteiger partial charge in [-0.1, -0.05) is 24.3 Å². The maximum Gasteiger partial charge on any atom is 0.225 e. The molecule has 0 aliphatic carbocycles. The molecule has 4 rings (SSSR count). The Morgan fingerprint density at radius 1 is 1.14 bits per heavy atom. The summed E-state index contributed by atoms with van der Waals surface area (Å²) >= 11 is 1.72. The minimum Gasteiger partial charge on any atom is -0.345 e. The number of hydrogen-bond acceptors (Lipinski definition) is 6. The lowest BCUT2D eigenvalue weighted by atomic mass is 9.96. The normalized spacial score (nSPS) is 19.8. The number of carbonyl (C=O) groups is 1. The summed E-state index contributed by atoms with van der Waals surface area (Å²) in [7, 11) is -3.16. The lowest BCUT2D eigenvalue weighted by Gasteiger charge is -2.38. The number of fused-ring (bicyclic) bond motifs is 1. The maximum atomic E-state index is 12.9. The van der Waals surface area contributed by atoms with Gasteiger partial charge in [0.25, 0.3) is 0 Å². The summed E-state index contributed by atoms with van der Waals surface area (Å²) in [6.07, 6.45) is 3.49. The van der Waals surface area contributed by atoms with Crippen molar-refractivity contribution in [1.29, 1.82) is 0 Å². The van der Waals surface area contributed by atoms with E-state index >= 15 is 0 Å². The summed E-state index contributed by atoms with van der Waals surface area (Å²) in [5.41, 5.74) is 2.36. The van der Waals surface area contributed by atoms with Gasteiger partial charge < -0.3 is 9.80 Å². The molecule has 2 aliphatic rings. The van der Waals surface area contributed by atoms with Crippen molar-refractivity contribution in [2.45, 2.75) is 26.2 Å². The Kier molecular flexibility index (Phi) is 5.81. The van der Waals surface area contributed by atoms with Gasteiger partial charge in [0.2, 0.25) is 15.9 Å². The van der Waals surface area contributed by atoms with Crippen LogP contribution < -0.4 is 4.90 Å². The van der Waals surface area contributed by atoms with E-state index in [0.29, 0.717) is 39.0 Å². The van der Waals surface area contributed by atoms with Crippen molar-refractivity contribution in [1.82, 2.24) is 14.2 Å². The van der Waals surface area contributed by atoms with E-state index in [9.17, 15) is 13.2 Å². The number of piperazine rings is 1. The van der Waals surface area contributed by atoms with Crippen molar-refractivity contribution in [2.24, 2.45) is 5.92 Å². The van der Waals surface area contributed by atoms with Crippen LogP contribution in [0, 0.1) is 5.92 Å². The number of thiazole rings is 1. The van der Waals surface area contributed by atoms with E-state index in [4.69, 9.17) is 4.98 Å². The smallest absolute Gasteiger partial charge is 0.225 e. The highest BCUT2D eigenvalue weighted by Crippen LogP contribution is 2.30. The third-order valence-electron chi connectivity index (χ3n) is 5.98. The molecule has 0 bridgehead atoms. The van der Waals surface area contributed by atoms with E-state index in [2.05, 4.69) is 30.0 Å². The lowest BCUT2D eigenvalue weighted by Crippen LogP contribution is -2.52. The zero-order chi connectivity index (χ0) is 20.6. The summed E-state index contributed by atoms with van der Waals surface area (Å²) in [6.45, 7) is 6.01. The number of carbonyl (C=O) groups excluding carboxylic acids is 1. The van der Waals surface area contributed by atoms with Crippen LogP contribution in [0.15, 0.2) is 18.2 Å². The quantitative estimate of drug-likeness (QED) is 0.735. The number of aryl methyl sites for hydroxylation is 1. The Balaban J connectivity index is 1.34. The Morgan fingerprint density at radius 2 is 1.83 bits per heavy atom. The first-order valence-corrected chi connectivity index (χ1v) is 12.9. The molecule has 1 aromatic carbocycles. The molecule has 1 aromatic heterocycles. The van der Waals surface area contributed by atoms with Crippen molar-refractivity contribution >= 4 is 42.6 Å². The number of aromatic nitrogens is 1. The molecule has 0 saturated carbocycles. The van der Waals surface area contributed by atoms with Crippen molar-refractivity contribution in [2.75, 3.05) is 50.4 Å². The van der Waals surface area contributed by atoms with Crippen LogP contribution in [0.3, 0.4) is 0 Å². The Bertz CT molecular complexity index is 988. The maximum absolute atomic E-state index is 12.9. The van der Waals surface area contributed by atoms with E-state index in [1.54, 1.807) is 11.3 Å². The lowest BCUT2D eigenvalue weighted by molar-refractivity contribution is -0.137. The third-order valence-corrected chi connectivity index (χ3v) is 8.37. The summed E-state index contributed by atoms with van der Waals surface area (Å²) in [4.78, 5) is 21.9. The van der Waals surface area contributed by atoms with Crippen LogP contribution in [0.25, 0.3) is 10.2 Å². The first-order chi connectivity index (χ1) is 13.8. The zero-order valence-electron chi connectivity index (χ0n) is 17.0. The molecule has 2 fully saturated rings. The number of benzene rings is 1. The van der Waals surface area contributed by atoms with E-state index in [-0.39, 0.29) is 11.8 Å². The Hall–Kier alpha value is -1.71. The number of amides is 1. The molecule has 9 heteroatoms. The molecule has 0 unspecified atom stereocenters. The minimum absolute atomic E-state index is 0.0607. The van der Waals surface area contributed by atoms with Gasteiger partial charge in [0, 0.05) is 45.2 Å². The minimum atomic E-state index is -3.16. The van der Waals surface area contributed by atoms with Crippen LogP contribution in [-0.4, -0.2) is 74.0 Å². The summed E-state index contributed by atoms with van der Waals surface area (Å²) in [5, 5.41) is 1.03. The van der Waals surface area contributed by atoms with Crippen LogP contribution in [0.1, 0.15) is 25.3 Å². The van der Waals surface area contributed by atoms with Gasteiger partial charge in [0.05, 0.1) is 16.5 Å². The zero-order valence-corrected chi connectivity index (χ0v) is 18.6. The van der Waals surface area contributed by atoms with E-state index in [0.717, 1.165) is 30.2 Å². The van der Waals surface area contributed by atoms with Crippen LogP contribution in [0.2, 0.25) is 0 Å². The standard InChI is InChI=1S/C20H28N4O3S2/c1-3-15-4-5-17-18(14-15)28-20(21-17)23-12-10-22(11-13-23)19(25)16-6-8-24(9-7-16)29(2,26)27/h4-5,14,16H,3,6-13H2,1-2H3. The highest BCUT2D eigenvalue weighted by molar-refractivity contribution is 7.88. The van der Waals surface area contributed by atoms with E-state index in [1.165, 1.54) is 20.8 Å². The topological polar surface area (TPSA) is 73.8 Å². The van der Waals surface area contributed by atoms with E-state index in [1.807, 2.05) is 4.90 Å². The second kappa shape index (κ2) is 8.20. The predicted octanol–water partition coefficient (Wildman–Crippen LogP) is 2.18. The highest BCUT2D eigenvalue weighted by atomic mass is 32.2. The Labute approximate surface area is 176 Å². The molecule has 0 spiro atoms. The summed E-state index contributed by atoms with van der Waals surface area (Å²) in [5.74, 6) is 0.115. The summed E-state index contributed by atoms with van der Waals surface area (Å²) in [6, 6.07) is 6.45. The van der Waals surface area contributed by atoms with Crippen LogP contribution >= 0.6 is 11.3 Å². The van der Waals surface area contributed by atoms with Crippen molar-refractivity contribution in [3.63, 3.8) is 0 Å².